The van der Waals surface area contributed by atoms with E-state index in [-0.39, 0.29) is 18.2 Å². The number of nitrogens with two attached hydrogens (primary N) is 1. The van der Waals surface area contributed by atoms with E-state index < -0.39 is 23.8 Å². The van der Waals surface area contributed by atoms with Crippen molar-refractivity contribution in [3.63, 3.8) is 0 Å². The number of alkyl halides is 3. The topological polar surface area (TPSA) is 106 Å². The molecule has 0 aliphatic carbocycles. The van der Waals surface area contributed by atoms with E-state index in [4.69, 9.17) is 5.73 Å². The molecule has 1 saturated heterocycles. The van der Waals surface area contributed by atoms with Crippen LogP contribution in [0.5, 0.6) is 0 Å². The largest absolute Gasteiger partial charge is 0.417 e. The summed E-state index contributed by atoms with van der Waals surface area (Å²) in [5, 5.41) is 12.5. The number of amides is 3. The van der Waals surface area contributed by atoms with Gasteiger partial charge in [0.05, 0.1) is 18.0 Å². The first-order chi connectivity index (χ1) is 15.2. The lowest BCUT2D eigenvalue weighted by Crippen LogP contribution is -2.42. The minimum absolute atomic E-state index is 0.0367. The summed E-state index contributed by atoms with van der Waals surface area (Å²) in [5.74, 6) is -0.0317. The van der Waals surface area contributed by atoms with Gasteiger partial charge in [-0.1, -0.05) is 6.07 Å². The van der Waals surface area contributed by atoms with Crippen LogP contribution < -0.4 is 11.1 Å². The maximum Gasteiger partial charge on any atom is 0.417 e. The normalized spacial score (nSPS) is 18.0. The highest BCUT2D eigenvalue weighted by Gasteiger charge is 2.33. The number of hydrogen-bond donors (Lipinski definition) is 2. The van der Waals surface area contributed by atoms with Crippen molar-refractivity contribution in [2.24, 2.45) is 5.73 Å². The third-order valence-electron chi connectivity index (χ3n) is 5.48. The second kappa shape index (κ2) is 8.77. The molecule has 1 aliphatic heterocycles. The highest BCUT2D eigenvalue weighted by Crippen LogP contribution is 2.32. The van der Waals surface area contributed by atoms with Gasteiger partial charge in [0.25, 0.3) is 0 Å². The van der Waals surface area contributed by atoms with E-state index in [0.717, 1.165) is 17.1 Å². The molecule has 0 bridgehead atoms. The van der Waals surface area contributed by atoms with Crippen molar-refractivity contribution in [1.82, 2.24) is 24.8 Å². The van der Waals surface area contributed by atoms with E-state index in [9.17, 15) is 22.8 Å². The van der Waals surface area contributed by atoms with E-state index in [1.165, 1.54) is 21.8 Å². The Bertz CT molecular complexity index is 1110. The van der Waals surface area contributed by atoms with Gasteiger partial charge in [-0.05, 0) is 36.4 Å². The highest BCUT2D eigenvalue weighted by atomic mass is 32.1. The van der Waals surface area contributed by atoms with Gasteiger partial charge in [0.1, 0.15) is 5.82 Å². The molecule has 0 aromatic carbocycles. The van der Waals surface area contributed by atoms with Crippen LogP contribution in [-0.4, -0.2) is 44.5 Å². The van der Waals surface area contributed by atoms with Crippen LogP contribution in [0, 0.1) is 0 Å². The van der Waals surface area contributed by atoms with Crippen LogP contribution in [0.4, 0.5) is 18.0 Å². The summed E-state index contributed by atoms with van der Waals surface area (Å²) in [6.45, 7) is 0.831. The molecule has 0 spiro atoms. The number of nitrogens with zero attached hydrogens (tertiary/aromatic N) is 4. The quantitative estimate of drug-likeness (QED) is 0.602. The third-order valence-corrected chi connectivity index (χ3v) is 6.46. The van der Waals surface area contributed by atoms with E-state index in [1.807, 2.05) is 17.5 Å². The first kappa shape index (κ1) is 22.1. The van der Waals surface area contributed by atoms with Gasteiger partial charge in [0, 0.05) is 30.1 Å². The molecule has 4 heterocycles. The number of primary amides is 1. The zero-order valence-electron chi connectivity index (χ0n) is 16.9. The Morgan fingerprint density at radius 3 is 2.78 bits per heavy atom. The summed E-state index contributed by atoms with van der Waals surface area (Å²) in [6.07, 6.45) is -2.09. The van der Waals surface area contributed by atoms with Crippen molar-refractivity contribution in [3.05, 3.63) is 52.1 Å². The molecule has 0 radical (unpaired) electrons. The molecule has 3 N–H and O–H groups in total. The maximum absolute atomic E-state index is 13.1. The molecule has 2 unspecified atom stereocenters. The standard InChI is InChI=1S/C20H21F3N6O2S/c21-20(22,23)13-5-6-16-26-27-18(29(16)11-13)12-3-1-7-28(10-12)17(30)9-14(25-19(24)31)15-4-2-8-32-15/h2,4-6,8,11-12,14H,1,3,7,9-10H2,(H3,24,25,31). The Morgan fingerprint density at radius 1 is 1.28 bits per heavy atom. The van der Waals surface area contributed by atoms with Crippen LogP contribution >= 0.6 is 11.3 Å². The molecular weight excluding hydrogens is 445 g/mol. The van der Waals surface area contributed by atoms with Crippen LogP contribution in [-0.2, 0) is 11.0 Å². The van der Waals surface area contributed by atoms with Crippen molar-refractivity contribution in [2.75, 3.05) is 13.1 Å². The van der Waals surface area contributed by atoms with E-state index >= 15 is 0 Å². The van der Waals surface area contributed by atoms with E-state index in [2.05, 4.69) is 15.5 Å². The van der Waals surface area contributed by atoms with Gasteiger partial charge in [-0.25, -0.2) is 4.79 Å². The first-order valence-electron chi connectivity index (χ1n) is 10.0. The number of nitrogens with one attached hydrogen (secondary N) is 1. The van der Waals surface area contributed by atoms with Crippen molar-refractivity contribution < 1.29 is 22.8 Å². The molecule has 32 heavy (non-hydrogen) atoms. The molecule has 170 valence electrons. The Kier molecular flexibility index (Phi) is 6.04. The molecule has 3 aromatic rings. The fourth-order valence-corrected chi connectivity index (χ4v) is 4.73. The van der Waals surface area contributed by atoms with E-state index in [0.29, 0.717) is 37.4 Å². The lowest BCUT2D eigenvalue weighted by molar-refractivity contribution is -0.138. The smallest absolute Gasteiger partial charge is 0.352 e. The molecule has 12 heteroatoms. The molecule has 1 aliphatic rings. The number of halogens is 3. The van der Waals surface area contributed by atoms with Crippen LogP contribution in [0.15, 0.2) is 35.8 Å². The first-order valence-corrected chi connectivity index (χ1v) is 10.9. The Morgan fingerprint density at radius 2 is 2.09 bits per heavy atom. The minimum Gasteiger partial charge on any atom is -0.352 e. The molecule has 3 amide bonds. The average Bonchev–Trinajstić information content (AvgIpc) is 3.42. The Labute approximate surface area is 185 Å². The van der Waals surface area contributed by atoms with Crippen molar-refractivity contribution in [1.29, 1.82) is 0 Å². The third kappa shape index (κ3) is 4.69. The van der Waals surface area contributed by atoms with E-state index in [1.54, 1.807) is 4.90 Å². The van der Waals surface area contributed by atoms with Crippen molar-refractivity contribution in [2.45, 2.75) is 37.4 Å². The highest BCUT2D eigenvalue weighted by molar-refractivity contribution is 7.10. The molecule has 4 rings (SSSR count). The van der Waals surface area contributed by atoms with Crippen LogP contribution in [0.3, 0.4) is 0 Å². The minimum atomic E-state index is -4.48. The summed E-state index contributed by atoms with van der Waals surface area (Å²) in [4.78, 5) is 26.9. The Hall–Kier alpha value is -3.15. The fourth-order valence-electron chi connectivity index (χ4n) is 3.96. The number of pyridine rings is 1. The van der Waals surface area contributed by atoms with Crippen LogP contribution in [0.25, 0.3) is 5.65 Å². The summed E-state index contributed by atoms with van der Waals surface area (Å²) in [7, 11) is 0. The summed E-state index contributed by atoms with van der Waals surface area (Å²) in [6, 6.07) is 4.64. The molecule has 2 atom stereocenters. The molecule has 8 nitrogen and oxygen atoms in total. The molecule has 0 saturated carbocycles. The van der Waals surface area contributed by atoms with Gasteiger partial charge in [0.2, 0.25) is 5.91 Å². The fraction of sp³-hybridized carbons (Fsp3) is 0.400. The predicted molar refractivity (Wildman–Crippen MR) is 111 cm³/mol. The van der Waals surface area contributed by atoms with Gasteiger partial charge in [0.15, 0.2) is 5.65 Å². The monoisotopic (exact) mass is 466 g/mol. The number of piperidine rings is 1. The maximum atomic E-state index is 13.1. The summed E-state index contributed by atoms with van der Waals surface area (Å²) < 4.78 is 40.8. The number of carbonyl (C=O) groups is 2. The summed E-state index contributed by atoms with van der Waals surface area (Å²) in [5.41, 5.74) is 4.80. The number of urea groups is 1. The molecule has 3 aromatic heterocycles. The molecular formula is C20H21F3N6O2S. The average molecular weight is 466 g/mol. The number of rotatable bonds is 5. The zero-order valence-corrected chi connectivity index (χ0v) is 17.7. The van der Waals surface area contributed by atoms with Gasteiger partial charge in [-0.3, -0.25) is 9.20 Å². The lowest BCUT2D eigenvalue weighted by atomic mass is 9.96. The van der Waals surface area contributed by atoms with Gasteiger partial charge in [-0.15, -0.1) is 21.5 Å². The number of aromatic nitrogens is 3. The van der Waals surface area contributed by atoms with Gasteiger partial charge >= 0.3 is 12.2 Å². The number of carbonyl (C=O) groups excluding carboxylic acids is 2. The summed E-state index contributed by atoms with van der Waals surface area (Å²) >= 11 is 1.41. The zero-order chi connectivity index (χ0) is 22.9. The van der Waals surface area contributed by atoms with Crippen LogP contribution in [0.1, 0.15) is 47.5 Å². The second-order valence-electron chi connectivity index (χ2n) is 7.66. The Balaban J connectivity index is 1.52. The predicted octanol–water partition coefficient (Wildman–Crippen LogP) is 3.32. The number of thiophene rings is 1. The molecule has 1 fully saturated rings. The van der Waals surface area contributed by atoms with Gasteiger partial charge < -0.3 is 16.0 Å². The number of fused-ring (bicyclic) bond motifs is 1. The van der Waals surface area contributed by atoms with Crippen molar-refractivity contribution >= 4 is 28.9 Å². The van der Waals surface area contributed by atoms with Crippen LogP contribution in [0.2, 0.25) is 0 Å². The van der Waals surface area contributed by atoms with Gasteiger partial charge in [-0.2, -0.15) is 13.2 Å². The van der Waals surface area contributed by atoms with Crippen molar-refractivity contribution in [3.8, 4) is 0 Å². The SMILES string of the molecule is NC(=O)NC(CC(=O)N1CCCC(c2nnc3ccc(C(F)(F)F)cn23)C1)c1cccs1. The number of hydrogen-bond acceptors (Lipinski definition) is 5. The number of likely N-dealkylation sites (tertiary alicyclic amines) is 1. The second-order valence-corrected chi connectivity index (χ2v) is 8.64. The lowest BCUT2D eigenvalue weighted by Gasteiger charge is -2.33.